The zero-order valence-corrected chi connectivity index (χ0v) is 10.9. The third kappa shape index (κ3) is 2.35. The van der Waals surface area contributed by atoms with Crippen molar-refractivity contribution in [2.24, 2.45) is 7.05 Å². The lowest BCUT2D eigenvalue weighted by Gasteiger charge is -2.26. The number of nitriles is 1. The molecule has 0 bridgehead atoms. The quantitative estimate of drug-likeness (QED) is 0.908. The summed E-state index contributed by atoms with van der Waals surface area (Å²) in [6, 6.07) is 8.55. The minimum Gasteiger partial charge on any atom is -0.335 e. The molecule has 19 heavy (non-hydrogen) atoms. The van der Waals surface area contributed by atoms with Crippen molar-refractivity contribution in [2.45, 2.75) is 5.67 Å². The molecule has 98 valence electrons. The van der Waals surface area contributed by atoms with Crippen molar-refractivity contribution < 1.29 is 4.39 Å². The first-order valence-corrected chi connectivity index (χ1v) is 5.93. The van der Waals surface area contributed by atoms with Gasteiger partial charge in [0.1, 0.15) is 0 Å². The second-order valence-electron chi connectivity index (χ2n) is 4.41. The van der Waals surface area contributed by atoms with Crippen LogP contribution in [0.4, 0.5) is 4.39 Å². The Morgan fingerprint density at radius 1 is 1.42 bits per heavy atom. The maximum atomic E-state index is 15.4. The van der Waals surface area contributed by atoms with Gasteiger partial charge in [-0.1, -0.05) is 12.1 Å². The summed E-state index contributed by atoms with van der Waals surface area (Å²) < 4.78 is 17.0. The molecule has 0 radical (unpaired) electrons. The molecule has 4 nitrogen and oxygen atoms in total. The van der Waals surface area contributed by atoms with E-state index in [4.69, 9.17) is 5.26 Å². The molecule has 0 amide bonds. The summed E-state index contributed by atoms with van der Waals surface area (Å²) in [4.78, 5) is 3.97. The summed E-state index contributed by atoms with van der Waals surface area (Å²) in [5, 5.41) is 11.7. The Balaban J connectivity index is 2.50. The van der Waals surface area contributed by atoms with Crippen LogP contribution in [0.1, 0.15) is 16.8 Å². The second kappa shape index (κ2) is 5.21. The van der Waals surface area contributed by atoms with Gasteiger partial charge >= 0.3 is 0 Å². The van der Waals surface area contributed by atoms with Gasteiger partial charge in [-0.2, -0.15) is 5.26 Å². The Morgan fingerprint density at radius 3 is 2.58 bits per heavy atom. The molecule has 1 heterocycles. The van der Waals surface area contributed by atoms with Crippen molar-refractivity contribution in [3.63, 3.8) is 0 Å². The predicted molar refractivity (Wildman–Crippen MR) is 70.2 cm³/mol. The molecule has 1 aromatic carbocycles. The van der Waals surface area contributed by atoms with E-state index in [0.717, 1.165) is 0 Å². The van der Waals surface area contributed by atoms with E-state index in [-0.39, 0.29) is 6.54 Å². The van der Waals surface area contributed by atoms with Gasteiger partial charge < -0.3 is 9.88 Å². The molecule has 5 heteroatoms. The maximum Gasteiger partial charge on any atom is 0.189 e. The Bertz CT molecular complexity index is 597. The zero-order valence-electron chi connectivity index (χ0n) is 10.9. The first-order valence-electron chi connectivity index (χ1n) is 5.93. The number of hydrogen-bond acceptors (Lipinski definition) is 3. The van der Waals surface area contributed by atoms with Crippen LogP contribution >= 0.6 is 0 Å². The van der Waals surface area contributed by atoms with Gasteiger partial charge in [0.2, 0.25) is 0 Å². The summed E-state index contributed by atoms with van der Waals surface area (Å²) in [5.41, 5.74) is -0.176. The largest absolute Gasteiger partial charge is 0.335 e. The second-order valence-corrected chi connectivity index (χ2v) is 4.41. The van der Waals surface area contributed by atoms with Gasteiger partial charge in [0.15, 0.2) is 5.67 Å². The fourth-order valence-corrected chi connectivity index (χ4v) is 2.13. The summed E-state index contributed by atoms with van der Waals surface area (Å²) in [7, 11) is 3.46. The fraction of sp³-hybridized carbons (Fsp3) is 0.286. The number of aromatic nitrogens is 2. The summed E-state index contributed by atoms with van der Waals surface area (Å²) in [6.45, 7) is 0.137. The number of hydrogen-bond donors (Lipinski definition) is 1. The highest BCUT2D eigenvalue weighted by Crippen LogP contribution is 2.33. The molecule has 0 aliphatic carbocycles. The topological polar surface area (TPSA) is 53.6 Å². The summed E-state index contributed by atoms with van der Waals surface area (Å²) in [5.74, 6) is 0. The molecular formula is C14H15FN4. The molecule has 2 aromatic rings. The van der Waals surface area contributed by atoms with Crippen molar-refractivity contribution in [2.75, 3.05) is 13.6 Å². The van der Waals surface area contributed by atoms with E-state index in [2.05, 4.69) is 10.3 Å². The van der Waals surface area contributed by atoms with E-state index in [1.165, 1.54) is 6.20 Å². The third-order valence-corrected chi connectivity index (χ3v) is 3.11. The molecule has 0 saturated heterocycles. The van der Waals surface area contributed by atoms with Gasteiger partial charge in [0, 0.05) is 13.6 Å². The number of alkyl halides is 1. The smallest absolute Gasteiger partial charge is 0.189 e. The van der Waals surface area contributed by atoms with Crippen LogP contribution in [0.2, 0.25) is 0 Å². The van der Waals surface area contributed by atoms with Crippen LogP contribution in [0.3, 0.4) is 0 Å². The molecule has 0 saturated carbocycles. The van der Waals surface area contributed by atoms with Crippen molar-refractivity contribution in [1.82, 2.24) is 14.9 Å². The molecule has 0 aliphatic rings. The third-order valence-electron chi connectivity index (χ3n) is 3.11. The van der Waals surface area contributed by atoms with Crippen LogP contribution in [-0.2, 0) is 12.7 Å². The number of likely N-dealkylation sites (N-methyl/N-ethyl adjacent to an activating group) is 1. The molecule has 2 rings (SSSR count). The summed E-state index contributed by atoms with van der Waals surface area (Å²) >= 11 is 0. The Kier molecular flexibility index (Phi) is 3.63. The van der Waals surface area contributed by atoms with Gasteiger partial charge in [-0.25, -0.2) is 9.37 Å². The van der Waals surface area contributed by atoms with Gasteiger partial charge in [-0.15, -0.1) is 0 Å². The minimum absolute atomic E-state index is 0.137. The van der Waals surface area contributed by atoms with E-state index in [9.17, 15) is 0 Å². The minimum atomic E-state index is -1.67. The monoisotopic (exact) mass is 258 g/mol. The van der Waals surface area contributed by atoms with E-state index in [1.54, 1.807) is 49.3 Å². The zero-order chi connectivity index (χ0) is 13.9. The van der Waals surface area contributed by atoms with Crippen LogP contribution in [-0.4, -0.2) is 23.1 Å². The van der Waals surface area contributed by atoms with E-state index < -0.39 is 5.67 Å². The van der Waals surface area contributed by atoms with Crippen LogP contribution in [0, 0.1) is 11.3 Å². The fourth-order valence-electron chi connectivity index (χ4n) is 2.13. The van der Waals surface area contributed by atoms with Crippen LogP contribution < -0.4 is 5.32 Å². The number of rotatable bonds is 4. The van der Waals surface area contributed by atoms with Crippen LogP contribution in [0.25, 0.3) is 0 Å². The van der Waals surface area contributed by atoms with Gasteiger partial charge in [-0.05, 0) is 24.7 Å². The van der Waals surface area contributed by atoms with Gasteiger partial charge in [-0.3, -0.25) is 0 Å². The average Bonchev–Trinajstić information content (AvgIpc) is 2.86. The van der Waals surface area contributed by atoms with Crippen LogP contribution in [0.5, 0.6) is 0 Å². The van der Waals surface area contributed by atoms with Crippen molar-refractivity contribution in [1.29, 1.82) is 5.26 Å². The normalized spacial score (nSPS) is 13.8. The number of aryl methyl sites for hydroxylation is 1. The van der Waals surface area contributed by atoms with Gasteiger partial charge in [0.05, 0.1) is 29.9 Å². The van der Waals surface area contributed by atoms with Crippen molar-refractivity contribution in [3.8, 4) is 6.07 Å². The molecule has 1 atom stereocenters. The highest BCUT2D eigenvalue weighted by Gasteiger charge is 2.36. The molecule has 0 spiro atoms. The molecule has 1 unspecified atom stereocenters. The lowest BCUT2D eigenvalue weighted by molar-refractivity contribution is 0.207. The lowest BCUT2D eigenvalue weighted by atomic mass is 9.91. The number of imidazole rings is 1. The van der Waals surface area contributed by atoms with Crippen LogP contribution in [0.15, 0.2) is 36.8 Å². The number of halogens is 1. The predicted octanol–water partition coefficient (Wildman–Crippen LogP) is 1.72. The highest BCUT2D eigenvalue weighted by atomic mass is 19.1. The Labute approximate surface area is 111 Å². The average molecular weight is 258 g/mol. The number of benzene rings is 1. The Hall–Kier alpha value is -2.19. The van der Waals surface area contributed by atoms with Crippen molar-refractivity contribution in [3.05, 3.63) is 53.6 Å². The Morgan fingerprint density at radius 2 is 2.11 bits per heavy atom. The first-order chi connectivity index (χ1) is 9.11. The summed E-state index contributed by atoms with van der Waals surface area (Å²) in [6.07, 6.45) is 3.10. The van der Waals surface area contributed by atoms with E-state index >= 15 is 4.39 Å². The van der Waals surface area contributed by atoms with E-state index in [0.29, 0.717) is 16.8 Å². The molecule has 1 N–H and O–H groups in total. The SMILES string of the molecule is CNCC(F)(c1ccc(C#N)cc1)c1cncn1C. The molecule has 0 fully saturated rings. The maximum absolute atomic E-state index is 15.4. The van der Waals surface area contributed by atoms with Gasteiger partial charge in [0.25, 0.3) is 0 Å². The standard InChI is InChI=1S/C14H15FN4/c1-17-9-14(15,13-8-18-10-19(13)2)12-5-3-11(7-16)4-6-12/h3-6,8,10,17H,9H2,1-2H3. The lowest BCUT2D eigenvalue weighted by Crippen LogP contribution is -2.35. The first kappa shape index (κ1) is 13.2. The molecule has 0 aliphatic heterocycles. The molecule has 1 aromatic heterocycles. The number of nitrogens with zero attached hydrogens (tertiary/aromatic N) is 3. The number of nitrogens with one attached hydrogen (secondary N) is 1. The van der Waals surface area contributed by atoms with Crippen molar-refractivity contribution >= 4 is 0 Å². The highest BCUT2D eigenvalue weighted by molar-refractivity contribution is 5.38. The molecular weight excluding hydrogens is 243 g/mol. The van der Waals surface area contributed by atoms with E-state index in [1.807, 2.05) is 6.07 Å².